The third-order valence-corrected chi connectivity index (χ3v) is 3.21. The summed E-state index contributed by atoms with van der Waals surface area (Å²) in [6.07, 6.45) is 0.0921. The van der Waals surface area contributed by atoms with Crippen molar-refractivity contribution >= 4 is 15.8 Å². The van der Waals surface area contributed by atoms with Crippen LogP contribution in [-0.2, 0) is 10.1 Å². The number of rotatable bonds is 7. The summed E-state index contributed by atoms with van der Waals surface area (Å²) in [5, 5.41) is 10.7. The standard InChI is InChI=1S/C11H17NO6S.Na.H/c1-17-10-6-9(7-11(8-10)18-2)12(13)4-3-5-19(14,15)16;;/h6-8,13H,3-5H2,1-2H3,(H,14,15,16);;/q;+1;-1. The average molecular weight is 315 g/mol. The second kappa shape index (κ2) is 8.71. The summed E-state index contributed by atoms with van der Waals surface area (Å²) in [6, 6.07) is 4.81. The molecule has 1 rings (SSSR count). The van der Waals surface area contributed by atoms with Crippen LogP contribution in [0.3, 0.4) is 0 Å². The van der Waals surface area contributed by atoms with Crippen molar-refractivity contribution in [3.63, 3.8) is 0 Å². The van der Waals surface area contributed by atoms with Gasteiger partial charge < -0.3 is 10.9 Å². The molecule has 0 aromatic heterocycles. The van der Waals surface area contributed by atoms with E-state index in [1.54, 1.807) is 18.2 Å². The van der Waals surface area contributed by atoms with E-state index in [-0.39, 0.29) is 43.9 Å². The van der Waals surface area contributed by atoms with E-state index in [1.807, 2.05) is 0 Å². The first-order chi connectivity index (χ1) is 8.85. The van der Waals surface area contributed by atoms with E-state index < -0.39 is 15.9 Å². The van der Waals surface area contributed by atoms with Gasteiger partial charge in [-0.25, -0.2) is 0 Å². The Bertz CT molecular complexity index is 505. The Hall–Kier alpha value is -0.510. The minimum absolute atomic E-state index is 0. The van der Waals surface area contributed by atoms with Gasteiger partial charge in [0.1, 0.15) is 11.5 Å². The number of anilines is 1. The van der Waals surface area contributed by atoms with Crippen LogP contribution in [0.5, 0.6) is 11.5 Å². The zero-order valence-corrected chi connectivity index (χ0v) is 14.6. The Morgan fingerprint density at radius 2 is 1.70 bits per heavy atom. The molecule has 9 heteroatoms. The van der Waals surface area contributed by atoms with Gasteiger partial charge in [-0.1, -0.05) is 0 Å². The molecule has 0 unspecified atom stereocenters. The Morgan fingerprint density at radius 3 is 2.10 bits per heavy atom. The maximum Gasteiger partial charge on any atom is 1.00 e. The fourth-order valence-electron chi connectivity index (χ4n) is 1.47. The fourth-order valence-corrected chi connectivity index (χ4v) is 1.96. The summed E-state index contributed by atoms with van der Waals surface area (Å²) < 4.78 is 39.8. The van der Waals surface area contributed by atoms with Crippen molar-refractivity contribution in [3.05, 3.63) is 18.2 Å². The normalized spacial score (nSPS) is 10.6. The maximum atomic E-state index is 10.6. The molecule has 1 aromatic carbocycles. The average Bonchev–Trinajstić information content (AvgIpc) is 2.36. The summed E-state index contributed by atoms with van der Waals surface area (Å²) in [6.45, 7) is 0.0517. The number of ether oxygens (including phenoxy) is 2. The van der Waals surface area contributed by atoms with Gasteiger partial charge in [0.25, 0.3) is 10.1 Å². The van der Waals surface area contributed by atoms with Gasteiger partial charge in [-0.05, 0) is 6.42 Å². The van der Waals surface area contributed by atoms with E-state index in [2.05, 4.69) is 0 Å². The third-order valence-electron chi connectivity index (χ3n) is 2.41. The van der Waals surface area contributed by atoms with Crippen molar-refractivity contribution in [2.75, 3.05) is 31.6 Å². The quantitative estimate of drug-likeness (QED) is 0.351. The number of methoxy groups -OCH3 is 2. The predicted molar refractivity (Wildman–Crippen MR) is 70.8 cm³/mol. The van der Waals surface area contributed by atoms with Gasteiger partial charge in [0, 0.05) is 24.7 Å². The molecule has 20 heavy (non-hydrogen) atoms. The second-order valence-corrected chi connectivity index (χ2v) is 5.41. The Morgan fingerprint density at radius 1 is 1.20 bits per heavy atom. The first-order valence-corrected chi connectivity index (χ1v) is 7.11. The van der Waals surface area contributed by atoms with Crippen LogP contribution in [0.2, 0.25) is 0 Å². The number of hydrogen-bond donors (Lipinski definition) is 2. The van der Waals surface area contributed by atoms with E-state index in [1.165, 1.54) is 14.2 Å². The summed E-state index contributed by atoms with van der Waals surface area (Å²) in [5.41, 5.74) is 0.409. The van der Waals surface area contributed by atoms with Crippen LogP contribution in [-0.4, -0.2) is 44.7 Å². The van der Waals surface area contributed by atoms with E-state index >= 15 is 0 Å². The van der Waals surface area contributed by atoms with Gasteiger partial charge in [0.05, 0.1) is 25.7 Å². The molecule has 0 radical (unpaired) electrons. The van der Waals surface area contributed by atoms with E-state index in [9.17, 15) is 13.6 Å². The monoisotopic (exact) mass is 315 g/mol. The molecule has 0 saturated carbocycles. The summed E-state index contributed by atoms with van der Waals surface area (Å²) in [7, 11) is -1.05. The smallest absolute Gasteiger partial charge is 1.00 e. The first-order valence-electron chi connectivity index (χ1n) is 5.50. The van der Waals surface area contributed by atoms with E-state index in [0.29, 0.717) is 17.2 Å². The van der Waals surface area contributed by atoms with Crippen LogP contribution < -0.4 is 44.1 Å². The number of benzene rings is 1. The molecule has 0 aliphatic carbocycles. The molecule has 0 fully saturated rings. The molecule has 0 spiro atoms. The van der Waals surface area contributed by atoms with Gasteiger partial charge in [-0.3, -0.25) is 14.8 Å². The number of hydroxylamine groups is 1. The molecule has 7 nitrogen and oxygen atoms in total. The topological polar surface area (TPSA) is 96.3 Å². The zero-order chi connectivity index (χ0) is 14.5. The molecule has 0 amide bonds. The van der Waals surface area contributed by atoms with Crippen LogP contribution in [0.25, 0.3) is 0 Å². The Balaban J connectivity index is 0. The van der Waals surface area contributed by atoms with Crippen LogP contribution in [0, 0.1) is 0 Å². The minimum Gasteiger partial charge on any atom is -1.00 e. The SMILES string of the molecule is COc1cc(OC)cc(N(O)CCCS(=O)(=O)O)c1.[H-].[Na+]. The molecule has 0 aliphatic rings. The Labute approximate surface area is 142 Å². The summed E-state index contributed by atoms with van der Waals surface area (Å²) in [5.74, 6) is 0.594. The summed E-state index contributed by atoms with van der Waals surface area (Å²) >= 11 is 0. The molecule has 0 atom stereocenters. The van der Waals surface area contributed by atoms with E-state index in [4.69, 9.17) is 14.0 Å². The van der Waals surface area contributed by atoms with Crippen LogP contribution in [0.1, 0.15) is 7.85 Å². The zero-order valence-electron chi connectivity index (χ0n) is 12.7. The van der Waals surface area contributed by atoms with Crippen molar-refractivity contribution < 1.29 is 58.6 Å². The predicted octanol–water partition coefficient (Wildman–Crippen LogP) is -1.71. The van der Waals surface area contributed by atoms with Gasteiger partial charge in [-0.15, -0.1) is 0 Å². The van der Waals surface area contributed by atoms with Gasteiger partial charge in [-0.2, -0.15) is 8.42 Å². The first kappa shape index (κ1) is 19.5. The molecular formula is C11H18NNaO6S. The molecule has 0 heterocycles. The second-order valence-electron chi connectivity index (χ2n) is 3.83. The number of hydrogen-bond acceptors (Lipinski definition) is 6. The molecule has 0 bridgehead atoms. The molecule has 0 saturated heterocycles. The molecule has 2 N–H and O–H groups in total. The molecule has 0 aliphatic heterocycles. The number of nitrogens with zero attached hydrogens (tertiary/aromatic N) is 1. The maximum absolute atomic E-state index is 10.6. The van der Waals surface area contributed by atoms with Crippen molar-refractivity contribution in [3.8, 4) is 11.5 Å². The van der Waals surface area contributed by atoms with Crippen molar-refractivity contribution in [1.82, 2.24) is 0 Å². The van der Waals surface area contributed by atoms with Crippen molar-refractivity contribution in [2.45, 2.75) is 6.42 Å². The van der Waals surface area contributed by atoms with Crippen LogP contribution in [0.15, 0.2) is 18.2 Å². The van der Waals surface area contributed by atoms with Crippen LogP contribution in [0.4, 0.5) is 5.69 Å². The largest absolute Gasteiger partial charge is 1.00 e. The molecule has 110 valence electrons. The van der Waals surface area contributed by atoms with E-state index in [0.717, 1.165) is 5.06 Å². The fraction of sp³-hybridized carbons (Fsp3) is 0.455. The van der Waals surface area contributed by atoms with Gasteiger partial charge >= 0.3 is 29.6 Å². The molecular weight excluding hydrogens is 297 g/mol. The van der Waals surface area contributed by atoms with Crippen LogP contribution >= 0.6 is 0 Å². The van der Waals surface area contributed by atoms with Crippen molar-refractivity contribution in [1.29, 1.82) is 0 Å². The van der Waals surface area contributed by atoms with Gasteiger partial charge in [0.2, 0.25) is 0 Å². The third kappa shape index (κ3) is 6.78. The molecule has 1 aromatic rings. The summed E-state index contributed by atoms with van der Waals surface area (Å²) in [4.78, 5) is 0. The van der Waals surface area contributed by atoms with Crippen molar-refractivity contribution in [2.24, 2.45) is 0 Å². The van der Waals surface area contributed by atoms with Gasteiger partial charge in [0.15, 0.2) is 0 Å². The Kier molecular flexibility index (Phi) is 8.48. The minimum atomic E-state index is -4.01.